The summed E-state index contributed by atoms with van der Waals surface area (Å²) in [6, 6.07) is 9.89. The SMILES string of the molecule is CCc1c(OCCN)noc1-c1ccccc1. The standard InChI is InChI=1S/C13H16N2O2/c1-2-11-12(10-6-4-3-5-7-10)17-15-13(11)16-9-8-14/h3-7H,2,8-9,14H2,1H3. The molecule has 0 fully saturated rings. The molecule has 0 aliphatic rings. The van der Waals surface area contributed by atoms with Crippen molar-refractivity contribution in [3.05, 3.63) is 35.9 Å². The van der Waals surface area contributed by atoms with Crippen molar-refractivity contribution in [1.82, 2.24) is 5.16 Å². The molecule has 0 aliphatic carbocycles. The molecule has 0 atom stereocenters. The number of hydrogen-bond donors (Lipinski definition) is 1. The molecule has 1 aromatic carbocycles. The minimum Gasteiger partial charge on any atom is -0.474 e. The minimum atomic E-state index is 0.452. The second-order valence-corrected chi connectivity index (χ2v) is 3.65. The van der Waals surface area contributed by atoms with Crippen molar-refractivity contribution in [3.63, 3.8) is 0 Å². The molecule has 0 amide bonds. The summed E-state index contributed by atoms with van der Waals surface area (Å²) in [5.41, 5.74) is 7.41. The summed E-state index contributed by atoms with van der Waals surface area (Å²) in [4.78, 5) is 0. The van der Waals surface area contributed by atoms with Gasteiger partial charge in [0, 0.05) is 12.1 Å². The van der Waals surface area contributed by atoms with E-state index in [0.717, 1.165) is 23.3 Å². The van der Waals surface area contributed by atoms with Crippen molar-refractivity contribution in [2.24, 2.45) is 5.73 Å². The Labute approximate surface area is 100 Å². The van der Waals surface area contributed by atoms with Crippen molar-refractivity contribution < 1.29 is 9.26 Å². The van der Waals surface area contributed by atoms with Crippen LogP contribution >= 0.6 is 0 Å². The zero-order chi connectivity index (χ0) is 12.1. The van der Waals surface area contributed by atoms with E-state index in [0.29, 0.717) is 19.0 Å². The molecule has 17 heavy (non-hydrogen) atoms. The van der Waals surface area contributed by atoms with E-state index < -0.39 is 0 Å². The van der Waals surface area contributed by atoms with Gasteiger partial charge in [-0.15, -0.1) is 0 Å². The lowest BCUT2D eigenvalue weighted by Gasteiger charge is -2.02. The van der Waals surface area contributed by atoms with Gasteiger partial charge in [0.25, 0.3) is 5.88 Å². The zero-order valence-electron chi connectivity index (χ0n) is 9.85. The molecule has 0 saturated carbocycles. The van der Waals surface area contributed by atoms with Crippen LogP contribution < -0.4 is 10.5 Å². The predicted molar refractivity (Wildman–Crippen MR) is 65.9 cm³/mol. The topological polar surface area (TPSA) is 61.3 Å². The summed E-state index contributed by atoms with van der Waals surface area (Å²) in [5, 5.41) is 3.95. The molecule has 4 nitrogen and oxygen atoms in total. The number of nitrogens with two attached hydrogens (primary N) is 1. The van der Waals surface area contributed by atoms with Gasteiger partial charge in [0.15, 0.2) is 5.76 Å². The number of ether oxygens (including phenoxy) is 1. The first kappa shape index (κ1) is 11.7. The molecule has 0 bridgehead atoms. The Morgan fingerprint density at radius 1 is 1.29 bits per heavy atom. The molecule has 90 valence electrons. The number of nitrogens with zero attached hydrogens (tertiary/aromatic N) is 1. The Bertz CT molecular complexity index is 466. The molecule has 2 aromatic rings. The maximum absolute atomic E-state index is 5.45. The van der Waals surface area contributed by atoms with Gasteiger partial charge in [0.2, 0.25) is 0 Å². The molecular formula is C13H16N2O2. The fourth-order valence-corrected chi connectivity index (χ4v) is 1.69. The molecule has 1 aromatic heterocycles. The highest BCUT2D eigenvalue weighted by molar-refractivity contribution is 5.63. The van der Waals surface area contributed by atoms with Gasteiger partial charge < -0.3 is 15.0 Å². The molecule has 0 aliphatic heterocycles. The van der Waals surface area contributed by atoms with Gasteiger partial charge in [0.1, 0.15) is 6.61 Å². The van der Waals surface area contributed by atoms with Crippen LogP contribution in [0, 0.1) is 0 Å². The van der Waals surface area contributed by atoms with Crippen LogP contribution in [0.25, 0.3) is 11.3 Å². The van der Waals surface area contributed by atoms with Gasteiger partial charge in [-0.2, -0.15) is 0 Å². The fourth-order valence-electron chi connectivity index (χ4n) is 1.69. The van der Waals surface area contributed by atoms with E-state index in [4.69, 9.17) is 15.0 Å². The molecule has 0 radical (unpaired) electrons. The monoisotopic (exact) mass is 232 g/mol. The largest absolute Gasteiger partial charge is 0.474 e. The molecular weight excluding hydrogens is 216 g/mol. The molecule has 2 rings (SSSR count). The maximum atomic E-state index is 5.45. The van der Waals surface area contributed by atoms with Crippen LogP contribution in [0.4, 0.5) is 0 Å². The summed E-state index contributed by atoms with van der Waals surface area (Å²) in [6.45, 7) is 2.97. The van der Waals surface area contributed by atoms with Crippen molar-refractivity contribution in [2.45, 2.75) is 13.3 Å². The van der Waals surface area contributed by atoms with Crippen LogP contribution in [-0.2, 0) is 6.42 Å². The molecule has 2 N–H and O–H groups in total. The highest BCUT2D eigenvalue weighted by Gasteiger charge is 2.16. The van der Waals surface area contributed by atoms with Gasteiger partial charge in [-0.3, -0.25) is 0 Å². The van der Waals surface area contributed by atoms with E-state index in [-0.39, 0.29) is 0 Å². The van der Waals surface area contributed by atoms with Gasteiger partial charge in [-0.1, -0.05) is 37.3 Å². The van der Waals surface area contributed by atoms with Crippen LogP contribution in [0.1, 0.15) is 12.5 Å². The average Bonchev–Trinajstić information content (AvgIpc) is 2.80. The second-order valence-electron chi connectivity index (χ2n) is 3.65. The first-order chi connectivity index (χ1) is 8.36. The summed E-state index contributed by atoms with van der Waals surface area (Å²) in [6.07, 6.45) is 0.813. The van der Waals surface area contributed by atoms with Crippen LogP contribution in [0.2, 0.25) is 0 Å². The molecule has 0 saturated heterocycles. The van der Waals surface area contributed by atoms with Crippen molar-refractivity contribution in [1.29, 1.82) is 0 Å². The van der Waals surface area contributed by atoms with E-state index in [1.54, 1.807) is 0 Å². The Kier molecular flexibility index (Phi) is 3.77. The quantitative estimate of drug-likeness (QED) is 0.858. The van der Waals surface area contributed by atoms with E-state index in [9.17, 15) is 0 Å². The number of rotatable bonds is 5. The van der Waals surface area contributed by atoms with Crippen LogP contribution in [-0.4, -0.2) is 18.3 Å². The van der Waals surface area contributed by atoms with E-state index in [1.807, 2.05) is 37.3 Å². The fraction of sp³-hybridized carbons (Fsp3) is 0.308. The average molecular weight is 232 g/mol. The van der Waals surface area contributed by atoms with Crippen LogP contribution in [0.5, 0.6) is 5.88 Å². The Hall–Kier alpha value is -1.81. The third kappa shape index (κ3) is 2.47. The lowest BCUT2D eigenvalue weighted by molar-refractivity contribution is 0.287. The minimum absolute atomic E-state index is 0.452. The molecule has 0 unspecified atom stereocenters. The number of hydrogen-bond acceptors (Lipinski definition) is 4. The third-order valence-electron chi connectivity index (χ3n) is 2.50. The predicted octanol–water partition coefficient (Wildman–Crippen LogP) is 2.24. The van der Waals surface area contributed by atoms with Gasteiger partial charge in [-0.05, 0) is 11.6 Å². The van der Waals surface area contributed by atoms with Gasteiger partial charge >= 0.3 is 0 Å². The van der Waals surface area contributed by atoms with Crippen molar-refractivity contribution >= 4 is 0 Å². The van der Waals surface area contributed by atoms with E-state index >= 15 is 0 Å². The molecule has 4 heteroatoms. The van der Waals surface area contributed by atoms with Crippen molar-refractivity contribution in [2.75, 3.05) is 13.2 Å². The van der Waals surface area contributed by atoms with E-state index in [2.05, 4.69) is 5.16 Å². The number of aromatic nitrogens is 1. The molecule has 0 spiro atoms. The second kappa shape index (κ2) is 5.50. The Balaban J connectivity index is 2.32. The lowest BCUT2D eigenvalue weighted by Crippen LogP contribution is -2.11. The summed E-state index contributed by atoms with van der Waals surface area (Å²) in [7, 11) is 0. The summed E-state index contributed by atoms with van der Waals surface area (Å²) >= 11 is 0. The number of benzene rings is 1. The third-order valence-corrected chi connectivity index (χ3v) is 2.50. The first-order valence-corrected chi connectivity index (χ1v) is 5.73. The highest BCUT2D eigenvalue weighted by Crippen LogP contribution is 2.30. The smallest absolute Gasteiger partial charge is 0.258 e. The molecule has 1 heterocycles. The zero-order valence-corrected chi connectivity index (χ0v) is 9.85. The normalized spacial score (nSPS) is 10.5. The summed E-state index contributed by atoms with van der Waals surface area (Å²) < 4.78 is 10.8. The van der Waals surface area contributed by atoms with Crippen LogP contribution in [0.15, 0.2) is 34.9 Å². The Morgan fingerprint density at radius 2 is 2.06 bits per heavy atom. The summed E-state index contributed by atoms with van der Waals surface area (Å²) in [5.74, 6) is 1.33. The van der Waals surface area contributed by atoms with E-state index in [1.165, 1.54) is 0 Å². The van der Waals surface area contributed by atoms with Gasteiger partial charge in [0.05, 0.1) is 5.56 Å². The van der Waals surface area contributed by atoms with Crippen LogP contribution in [0.3, 0.4) is 0 Å². The Morgan fingerprint density at radius 3 is 2.71 bits per heavy atom. The van der Waals surface area contributed by atoms with Crippen molar-refractivity contribution in [3.8, 4) is 17.2 Å². The maximum Gasteiger partial charge on any atom is 0.258 e. The lowest BCUT2D eigenvalue weighted by atomic mass is 10.1. The van der Waals surface area contributed by atoms with Gasteiger partial charge in [-0.25, -0.2) is 0 Å². The highest BCUT2D eigenvalue weighted by atomic mass is 16.5. The first-order valence-electron chi connectivity index (χ1n) is 5.73.